The Morgan fingerprint density at radius 1 is 1.17 bits per heavy atom. The van der Waals surface area contributed by atoms with Gasteiger partial charge in [-0.3, -0.25) is 0 Å². The van der Waals surface area contributed by atoms with Crippen LogP contribution in [0.25, 0.3) is 0 Å². The maximum absolute atomic E-state index is 11.1. The molecule has 0 amide bonds. The van der Waals surface area contributed by atoms with Crippen LogP contribution >= 0.6 is 11.6 Å². The Morgan fingerprint density at radius 2 is 1.72 bits per heavy atom. The highest BCUT2D eigenvalue weighted by molar-refractivity contribution is 6.32. The van der Waals surface area contributed by atoms with E-state index in [0.29, 0.717) is 0 Å². The molecule has 0 unspecified atom stereocenters. The van der Waals surface area contributed by atoms with Gasteiger partial charge < -0.3 is 24.1 Å². The number of hydrogen-bond donors (Lipinski definition) is 1. The fourth-order valence-electron chi connectivity index (χ4n) is 1.18. The van der Waals surface area contributed by atoms with E-state index in [-0.39, 0.29) is 35.7 Å². The molecule has 0 aliphatic carbocycles. The van der Waals surface area contributed by atoms with Gasteiger partial charge >= 0.3 is 5.97 Å². The van der Waals surface area contributed by atoms with Gasteiger partial charge in [0.05, 0.1) is 5.02 Å². The predicted octanol–water partition coefficient (Wildman–Crippen LogP) is 2.00. The molecule has 0 aliphatic rings. The molecule has 100 valence electrons. The normalized spacial score (nSPS) is 10.2. The summed E-state index contributed by atoms with van der Waals surface area (Å²) in [6, 6.07) is 2.63. The zero-order valence-corrected chi connectivity index (χ0v) is 10.7. The second-order valence-electron chi connectivity index (χ2n) is 3.19. The standard InChI is InChI=1S/C11H13ClO6/c1-15-5-17-9-4-8(12)10(18-6-16-2)3-7(9)11(13)14/h3-4H,5-6H2,1-2H3,(H,13,14). The van der Waals surface area contributed by atoms with Crippen LogP contribution in [0.2, 0.25) is 5.02 Å². The molecule has 1 N–H and O–H groups in total. The van der Waals surface area contributed by atoms with Crippen LogP contribution < -0.4 is 9.47 Å². The molecule has 1 aromatic rings. The Balaban J connectivity index is 3.04. The summed E-state index contributed by atoms with van der Waals surface area (Å²) in [4.78, 5) is 11.1. The summed E-state index contributed by atoms with van der Waals surface area (Å²) in [6.45, 7) is -0.105. The van der Waals surface area contributed by atoms with Crippen molar-refractivity contribution >= 4 is 17.6 Å². The maximum atomic E-state index is 11.1. The van der Waals surface area contributed by atoms with Gasteiger partial charge in [0, 0.05) is 26.4 Å². The van der Waals surface area contributed by atoms with Crippen molar-refractivity contribution in [3.05, 3.63) is 22.7 Å². The molecule has 7 heteroatoms. The van der Waals surface area contributed by atoms with Crippen molar-refractivity contribution < 1.29 is 28.8 Å². The highest BCUT2D eigenvalue weighted by Gasteiger charge is 2.16. The summed E-state index contributed by atoms with van der Waals surface area (Å²) in [5, 5.41) is 9.28. The van der Waals surface area contributed by atoms with E-state index < -0.39 is 5.97 Å². The van der Waals surface area contributed by atoms with Crippen molar-refractivity contribution in [2.24, 2.45) is 0 Å². The Labute approximate surface area is 109 Å². The number of carbonyl (C=O) groups is 1. The van der Waals surface area contributed by atoms with Crippen molar-refractivity contribution in [2.45, 2.75) is 0 Å². The molecule has 0 saturated heterocycles. The van der Waals surface area contributed by atoms with E-state index in [2.05, 4.69) is 0 Å². The largest absolute Gasteiger partial charge is 0.478 e. The van der Waals surface area contributed by atoms with Gasteiger partial charge in [-0.15, -0.1) is 0 Å². The second-order valence-corrected chi connectivity index (χ2v) is 3.59. The smallest absolute Gasteiger partial charge is 0.339 e. The first-order chi connectivity index (χ1) is 8.60. The van der Waals surface area contributed by atoms with Gasteiger partial charge in [0.25, 0.3) is 0 Å². The first-order valence-corrected chi connectivity index (χ1v) is 5.28. The molecule has 1 rings (SSSR count). The predicted molar refractivity (Wildman–Crippen MR) is 63.4 cm³/mol. The lowest BCUT2D eigenvalue weighted by atomic mass is 10.2. The number of ether oxygens (including phenoxy) is 4. The Kier molecular flexibility index (Phi) is 5.70. The molecule has 0 saturated carbocycles. The third kappa shape index (κ3) is 3.76. The zero-order chi connectivity index (χ0) is 13.5. The van der Waals surface area contributed by atoms with Crippen molar-refractivity contribution in [1.82, 2.24) is 0 Å². The Bertz CT molecular complexity index is 420. The van der Waals surface area contributed by atoms with E-state index in [4.69, 9.17) is 35.7 Å². The molecule has 0 radical (unpaired) electrons. The lowest BCUT2D eigenvalue weighted by Gasteiger charge is -2.12. The van der Waals surface area contributed by atoms with E-state index in [0.717, 1.165) is 0 Å². The summed E-state index contributed by atoms with van der Waals surface area (Å²) in [6.07, 6.45) is 0. The molecular weight excluding hydrogens is 264 g/mol. The summed E-state index contributed by atoms with van der Waals surface area (Å²) >= 11 is 5.93. The average Bonchev–Trinajstić information content (AvgIpc) is 2.34. The second kappa shape index (κ2) is 7.05. The quantitative estimate of drug-likeness (QED) is 0.768. The van der Waals surface area contributed by atoms with E-state index in [1.807, 2.05) is 0 Å². The SMILES string of the molecule is COCOc1cc(C(=O)O)c(OCOC)cc1Cl. The average molecular weight is 277 g/mol. The fraction of sp³-hybridized carbons (Fsp3) is 0.364. The van der Waals surface area contributed by atoms with Crippen LogP contribution in [0.5, 0.6) is 11.5 Å². The van der Waals surface area contributed by atoms with Gasteiger partial charge in [-0.1, -0.05) is 11.6 Å². The minimum atomic E-state index is -1.15. The third-order valence-corrected chi connectivity index (χ3v) is 2.22. The summed E-state index contributed by atoms with van der Waals surface area (Å²) in [5.74, 6) is -0.833. The van der Waals surface area contributed by atoms with Crippen LogP contribution in [0, 0.1) is 0 Å². The maximum Gasteiger partial charge on any atom is 0.339 e. The summed E-state index contributed by atoms with van der Waals surface area (Å²) in [7, 11) is 2.88. The highest BCUT2D eigenvalue weighted by Crippen LogP contribution is 2.32. The Morgan fingerprint density at radius 3 is 2.22 bits per heavy atom. The lowest BCUT2D eigenvalue weighted by Crippen LogP contribution is -2.07. The molecule has 0 aromatic heterocycles. The minimum Gasteiger partial charge on any atom is -0.478 e. The monoisotopic (exact) mass is 276 g/mol. The molecule has 0 bridgehead atoms. The number of aromatic carboxylic acids is 1. The van der Waals surface area contributed by atoms with Crippen molar-refractivity contribution in [2.75, 3.05) is 27.8 Å². The minimum absolute atomic E-state index is 0.0307. The number of rotatable bonds is 7. The number of carboxylic acids is 1. The molecule has 6 nitrogen and oxygen atoms in total. The molecule has 0 aliphatic heterocycles. The van der Waals surface area contributed by atoms with Gasteiger partial charge in [-0.05, 0) is 0 Å². The van der Waals surface area contributed by atoms with Crippen molar-refractivity contribution in [1.29, 1.82) is 0 Å². The lowest BCUT2D eigenvalue weighted by molar-refractivity contribution is 0.0460. The fourth-order valence-corrected chi connectivity index (χ4v) is 1.39. The molecule has 0 fully saturated rings. The van der Waals surface area contributed by atoms with E-state index in [1.54, 1.807) is 0 Å². The van der Waals surface area contributed by atoms with Crippen LogP contribution in [-0.4, -0.2) is 38.9 Å². The molecule has 1 aromatic carbocycles. The molecule has 0 spiro atoms. The number of carboxylic acid groups (broad SMARTS) is 1. The van der Waals surface area contributed by atoms with Crippen LogP contribution in [0.15, 0.2) is 12.1 Å². The van der Waals surface area contributed by atoms with Gasteiger partial charge in [-0.25, -0.2) is 4.79 Å². The topological polar surface area (TPSA) is 74.2 Å². The number of hydrogen-bond acceptors (Lipinski definition) is 5. The first-order valence-electron chi connectivity index (χ1n) is 4.90. The number of methoxy groups -OCH3 is 2. The van der Waals surface area contributed by atoms with Crippen LogP contribution in [0.1, 0.15) is 10.4 Å². The third-order valence-electron chi connectivity index (χ3n) is 1.93. The van der Waals surface area contributed by atoms with Gasteiger partial charge in [-0.2, -0.15) is 0 Å². The van der Waals surface area contributed by atoms with Gasteiger partial charge in [0.15, 0.2) is 13.6 Å². The molecule has 0 heterocycles. The summed E-state index contributed by atoms with van der Waals surface area (Å²) < 4.78 is 19.7. The van der Waals surface area contributed by atoms with Crippen molar-refractivity contribution in [3.63, 3.8) is 0 Å². The van der Waals surface area contributed by atoms with Gasteiger partial charge in [0.2, 0.25) is 0 Å². The van der Waals surface area contributed by atoms with Crippen molar-refractivity contribution in [3.8, 4) is 11.5 Å². The molecule has 0 atom stereocenters. The summed E-state index contributed by atoms with van der Waals surface area (Å²) in [5.41, 5.74) is -0.0671. The molecular formula is C11H13ClO6. The van der Waals surface area contributed by atoms with Crippen LogP contribution in [0.4, 0.5) is 0 Å². The van der Waals surface area contributed by atoms with E-state index >= 15 is 0 Å². The van der Waals surface area contributed by atoms with Gasteiger partial charge in [0.1, 0.15) is 17.1 Å². The van der Waals surface area contributed by atoms with Crippen LogP contribution in [0.3, 0.4) is 0 Å². The first kappa shape index (κ1) is 14.6. The molecule has 18 heavy (non-hydrogen) atoms. The van der Waals surface area contributed by atoms with E-state index in [9.17, 15) is 4.79 Å². The number of benzene rings is 1. The zero-order valence-electron chi connectivity index (χ0n) is 9.94. The number of halogens is 1. The Hall–Kier alpha value is -1.50. The van der Waals surface area contributed by atoms with Crippen LogP contribution in [-0.2, 0) is 9.47 Å². The highest BCUT2D eigenvalue weighted by atomic mass is 35.5. The van der Waals surface area contributed by atoms with E-state index in [1.165, 1.54) is 26.4 Å².